The summed E-state index contributed by atoms with van der Waals surface area (Å²) in [7, 11) is 0. The lowest BCUT2D eigenvalue weighted by Gasteiger charge is -2.45. The molecule has 4 nitrogen and oxygen atoms in total. The maximum absolute atomic E-state index is 11.5. The molecule has 2 rings (SSSR count). The zero-order valence-corrected chi connectivity index (χ0v) is 13.8. The Bertz CT molecular complexity index is 583. The summed E-state index contributed by atoms with van der Waals surface area (Å²) in [5.41, 5.74) is -2.64. The predicted molar refractivity (Wildman–Crippen MR) is 89.6 cm³/mol. The number of halogens is 2. The van der Waals surface area contributed by atoms with E-state index < -0.39 is 30.8 Å². The lowest BCUT2D eigenvalue weighted by molar-refractivity contribution is -0.136. The van der Waals surface area contributed by atoms with Gasteiger partial charge in [-0.15, -0.1) is 0 Å². The quantitative estimate of drug-likeness (QED) is 0.639. The van der Waals surface area contributed by atoms with Crippen molar-refractivity contribution in [2.45, 2.75) is 5.60 Å². The van der Waals surface area contributed by atoms with Crippen LogP contribution < -0.4 is 0 Å². The van der Waals surface area contributed by atoms with Gasteiger partial charge >= 0.3 is 0 Å². The van der Waals surface area contributed by atoms with Crippen molar-refractivity contribution in [3.63, 3.8) is 0 Å². The summed E-state index contributed by atoms with van der Waals surface area (Å²) in [6, 6.07) is 12.7. The van der Waals surface area contributed by atoms with Crippen LogP contribution in [0.3, 0.4) is 0 Å². The highest BCUT2D eigenvalue weighted by molar-refractivity contribution is 6.30. The third kappa shape index (κ3) is 3.11. The first kappa shape index (κ1) is 18.2. The molecule has 0 saturated carbocycles. The first-order chi connectivity index (χ1) is 10.9. The molecular formula is C17H18Cl2O4. The number of rotatable bonds is 6. The molecule has 0 saturated heterocycles. The maximum Gasteiger partial charge on any atom is 0.127 e. The second-order valence-electron chi connectivity index (χ2n) is 5.48. The molecule has 0 atom stereocenters. The fourth-order valence-corrected chi connectivity index (χ4v) is 2.91. The van der Waals surface area contributed by atoms with Crippen LogP contribution in [0.4, 0.5) is 0 Å². The second-order valence-corrected chi connectivity index (χ2v) is 6.35. The Labute approximate surface area is 144 Å². The van der Waals surface area contributed by atoms with Crippen LogP contribution in [0.1, 0.15) is 11.1 Å². The maximum atomic E-state index is 11.5. The highest BCUT2D eigenvalue weighted by atomic mass is 35.5. The highest BCUT2D eigenvalue weighted by Crippen LogP contribution is 2.45. The van der Waals surface area contributed by atoms with E-state index in [0.717, 1.165) is 0 Å². The van der Waals surface area contributed by atoms with Crippen molar-refractivity contribution in [3.05, 3.63) is 69.7 Å². The van der Waals surface area contributed by atoms with Crippen molar-refractivity contribution < 1.29 is 20.4 Å². The molecule has 124 valence electrons. The van der Waals surface area contributed by atoms with E-state index in [9.17, 15) is 20.4 Å². The van der Waals surface area contributed by atoms with Gasteiger partial charge in [-0.3, -0.25) is 0 Å². The lowest BCUT2D eigenvalue weighted by Crippen LogP contribution is -2.54. The fraction of sp³-hybridized carbons (Fsp3) is 0.294. The molecule has 0 fully saturated rings. The number of hydrogen-bond donors (Lipinski definition) is 4. The van der Waals surface area contributed by atoms with Crippen LogP contribution >= 0.6 is 23.2 Å². The summed E-state index contributed by atoms with van der Waals surface area (Å²) in [4.78, 5) is 0. The molecule has 2 aromatic carbocycles. The first-order valence-corrected chi connectivity index (χ1v) is 7.76. The smallest absolute Gasteiger partial charge is 0.127 e. The summed E-state index contributed by atoms with van der Waals surface area (Å²) in [6.07, 6.45) is 0. The predicted octanol–water partition coefficient (Wildman–Crippen LogP) is 2.19. The first-order valence-electron chi connectivity index (χ1n) is 7.00. The van der Waals surface area contributed by atoms with Gasteiger partial charge in [0.05, 0.1) is 25.2 Å². The standard InChI is InChI=1S/C17H18Cl2O4/c18-14-5-1-12(2-6-14)17(23,16(9-20,10-21)11-22)13-3-7-15(19)8-4-13/h1-8,20-23H,9-11H2. The van der Waals surface area contributed by atoms with Gasteiger partial charge in [-0.25, -0.2) is 0 Å². The van der Waals surface area contributed by atoms with Crippen LogP contribution in [-0.4, -0.2) is 40.2 Å². The second kappa shape index (κ2) is 7.18. The molecule has 0 heterocycles. The van der Waals surface area contributed by atoms with Crippen molar-refractivity contribution in [3.8, 4) is 0 Å². The van der Waals surface area contributed by atoms with Crippen LogP contribution in [0.2, 0.25) is 10.0 Å². The van der Waals surface area contributed by atoms with Crippen LogP contribution in [0.25, 0.3) is 0 Å². The van der Waals surface area contributed by atoms with Crippen molar-refractivity contribution in [1.82, 2.24) is 0 Å². The van der Waals surface area contributed by atoms with Crippen LogP contribution in [0.5, 0.6) is 0 Å². The Morgan fingerprint density at radius 3 is 1.22 bits per heavy atom. The fourth-order valence-electron chi connectivity index (χ4n) is 2.65. The average Bonchev–Trinajstić information content (AvgIpc) is 2.58. The minimum Gasteiger partial charge on any atom is -0.395 e. The van der Waals surface area contributed by atoms with E-state index in [4.69, 9.17) is 23.2 Å². The van der Waals surface area contributed by atoms with Gasteiger partial charge in [0, 0.05) is 10.0 Å². The SMILES string of the molecule is OCC(CO)(CO)C(O)(c1ccc(Cl)cc1)c1ccc(Cl)cc1. The molecule has 0 unspecified atom stereocenters. The zero-order valence-electron chi connectivity index (χ0n) is 12.3. The number of aliphatic hydroxyl groups is 4. The van der Waals surface area contributed by atoms with Crippen LogP contribution in [-0.2, 0) is 5.60 Å². The monoisotopic (exact) mass is 356 g/mol. The average molecular weight is 357 g/mol. The third-order valence-electron chi connectivity index (χ3n) is 4.20. The van der Waals surface area contributed by atoms with E-state index in [-0.39, 0.29) is 0 Å². The normalized spacial score (nSPS) is 12.4. The lowest BCUT2D eigenvalue weighted by atomic mass is 9.66. The number of hydrogen-bond acceptors (Lipinski definition) is 4. The largest absolute Gasteiger partial charge is 0.395 e. The van der Waals surface area contributed by atoms with Gasteiger partial charge in [0.25, 0.3) is 0 Å². The molecule has 4 N–H and O–H groups in total. The van der Waals surface area contributed by atoms with Gasteiger partial charge in [-0.1, -0.05) is 47.5 Å². The van der Waals surface area contributed by atoms with E-state index in [0.29, 0.717) is 21.2 Å². The number of benzene rings is 2. The Morgan fingerprint density at radius 2 is 0.957 bits per heavy atom. The van der Waals surface area contributed by atoms with Crippen molar-refractivity contribution in [2.75, 3.05) is 19.8 Å². The van der Waals surface area contributed by atoms with Gasteiger partial charge in [0.2, 0.25) is 0 Å². The van der Waals surface area contributed by atoms with Crippen LogP contribution in [0.15, 0.2) is 48.5 Å². The van der Waals surface area contributed by atoms with E-state index in [1.807, 2.05) is 0 Å². The topological polar surface area (TPSA) is 80.9 Å². The molecule has 2 aromatic rings. The van der Waals surface area contributed by atoms with E-state index in [1.165, 1.54) is 0 Å². The molecule has 0 radical (unpaired) electrons. The summed E-state index contributed by atoms with van der Waals surface area (Å²) in [5.74, 6) is 0. The highest BCUT2D eigenvalue weighted by Gasteiger charge is 2.52. The summed E-state index contributed by atoms with van der Waals surface area (Å²) in [5, 5.41) is 41.9. The van der Waals surface area contributed by atoms with Gasteiger partial charge in [0.15, 0.2) is 0 Å². The Morgan fingerprint density at radius 1 is 0.652 bits per heavy atom. The molecule has 6 heteroatoms. The van der Waals surface area contributed by atoms with E-state index in [1.54, 1.807) is 48.5 Å². The minimum atomic E-state index is -1.83. The van der Waals surface area contributed by atoms with E-state index >= 15 is 0 Å². The van der Waals surface area contributed by atoms with Crippen molar-refractivity contribution in [2.24, 2.45) is 5.41 Å². The zero-order chi connectivity index (χ0) is 17.1. The summed E-state index contributed by atoms with van der Waals surface area (Å²) >= 11 is 11.8. The van der Waals surface area contributed by atoms with Crippen molar-refractivity contribution >= 4 is 23.2 Å². The Balaban J connectivity index is 2.72. The van der Waals surface area contributed by atoms with Gasteiger partial charge in [0.1, 0.15) is 5.60 Å². The van der Waals surface area contributed by atoms with Crippen LogP contribution in [0, 0.1) is 5.41 Å². The van der Waals surface area contributed by atoms with Gasteiger partial charge in [-0.2, -0.15) is 0 Å². The number of aliphatic hydroxyl groups excluding tert-OH is 3. The van der Waals surface area contributed by atoms with Gasteiger partial charge < -0.3 is 20.4 Å². The summed E-state index contributed by atoms with van der Waals surface area (Å²) < 4.78 is 0. The third-order valence-corrected chi connectivity index (χ3v) is 4.70. The molecule has 23 heavy (non-hydrogen) atoms. The van der Waals surface area contributed by atoms with Crippen molar-refractivity contribution in [1.29, 1.82) is 0 Å². The Hall–Kier alpha value is -1.14. The molecule has 0 bridgehead atoms. The van der Waals surface area contributed by atoms with E-state index in [2.05, 4.69) is 0 Å². The molecule has 0 amide bonds. The minimum absolute atomic E-state index is 0.390. The Kier molecular flexibility index (Phi) is 5.68. The van der Waals surface area contributed by atoms with Gasteiger partial charge in [-0.05, 0) is 35.4 Å². The molecule has 0 aromatic heterocycles. The molecule has 0 aliphatic carbocycles. The molecule has 0 aliphatic rings. The summed E-state index contributed by atoms with van der Waals surface area (Å²) in [6.45, 7) is -1.87. The molecule has 0 spiro atoms. The molecular weight excluding hydrogens is 339 g/mol. The molecule has 0 aliphatic heterocycles.